The number of nitrogens with zero attached hydrogens (tertiary/aromatic N) is 1. The number of anilines is 1. The number of non-ortho nitro benzene ring substituents is 1. The largest absolute Gasteiger partial charge is 0.324 e. The van der Waals surface area contributed by atoms with Crippen LogP contribution in [0.2, 0.25) is 10.0 Å². The Balaban J connectivity index is 1.88. The molecule has 0 unspecified atom stereocenters. The molecule has 0 aliphatic heterocycles. The normalized spacial score (nSPS) is 10.3. The number of thioether (sulfide) groups is 1. The molecule has 0 atom stereocenters. The Hall–Kier alpha value is -1.76. The summed E-state index contributed by atoms with van der Waals surface area (Å²) in [4.78, 5) is 22.0. The number of rotatable bonds is 6. The van der Waals surface area contributed by atoms with E-state index in [0.717, 1.165) is 5.56 Å². The van der Waals surface area contributed by atoms with Gasteiger partial charge in [0.05, 0.1) is 21.4 Å². The summed E-state index contributed by atoms with van der Waals surface area (Å²) in [6.45, 7) is 0. The molecule has 2 aromatic carbocycles. The first kappa shape index (κ1) is 17.6. The zero-order valence-electron chi connectivity index (χ0n) is 11.8. The zero-order chi connectivity index (χ0) is 16.8. The first-order chi connectivity index (χ1) is 11.0. The molecule has 0 aromatic heterocycles. The number of carbonyl (C=O) groups is 1. The second kappa shape index (κ2) is 8.19. The van der Waals surface area contributed by atoms with Gasteiger partial charge in [0, 0.05) is 22.9 Å². The molecule has 2 rings (SSSR count). The molecule has 8 heteroatoms. The fourth-order valence-corrected chi connectivity index (χ4v) is 3.11. The standard InChI is InChI=1S/C15H12Cl2N2O3S/c16-12-4-2-1-3-10(12)8-23-9-15(20)18-14-6-5-11(19(21)22)7-13(14)17/h1-7H,8-9H2,(H,18,20). The van der Waals surface area contributed by atoms with Gasteiger partial charge in [-0.2, -0.15) is 0 Å². The van der Waals surface area contributed by atoms with Crippen molar-refractivity contribution < 1.29 is 9.72 Å². The number of nitro benzene ring substituents is 1. The van der Waals surface area contributed by atoms with Gasteiger partial charge in [0.15, 0.2) is 0 Å². The van der Waals surface area contributed by atoms with E-state index in [0.29, 0.717) is 16.5 Å². The third-order valence-electron chi connectivity index (χ3n) is 2.89. The number of hydrogen-bond donors (Lipinski definition) is 1. The van der Waals surface area contributed by atoms with Crippen LogP contribution in [0.3, 0.4) is 0 Å². The Morgan fingerprint density at radius 1 is 1.17 bits per heavy atom. The van der Waals surface area contributed by atoms with Crippen LogP contribution in [0.1, 0.15) is 5.56 Å². The molecule has 0 spiro atoms. The minimum absolute atomic E-state index is 0.124. The van der Waals surface area contributed by atoms with Gasteiger partial charge in [-0.05, 0) is 17.7 Å². The molecule has 5 nitrogen and oxygen atoms in total. The molecule has 0 radical (unpaired) electrons. The summed E-state index contributed by atoms with van der Waals surface area (Å²) >= 11 is 13.4. The van der Waals surface area contributed by atoms with Gasteiger partial charge in [-0.3, -0.25) is 14.9 Å². The highest BCUT2D eigenvalue weighted by atomic mass is 35.5. The molecule has 0 saturated heterocycles. The fourth-order valence-electron chi connectivity index (χ4n) is 1.77. The summed E-state index contributed by atoms with van der Waals surface area (Å²) in [5.41, 5.74) is 1.18. The van der Waals surface area contributed by atoms with E-state index in [1.54, 1.807) is 6.07 Å². The van der Waals surface area contributed by atoms with Gasteiger partial charge in [-0.15, -0.1) is 11.8 Å². The highest BCUT2D eigenvalue weighted by Crippen LogP contribution is 2.27. The molecule has 23 heavy (non-hydrogen) atoms. The SMILES string of the molecule is O=C(CSCc1ccccc1Cl)Nc1ccc([N+](=O)[O-])cc1Cl. The number of hydrogen-bond acceptors (Lipinski definition) is 4. The van der Waals surface area contributed by atoms with Crippen molar-refractivity contribution in [1.82, 2.24) is 0 Å². The molecule has 1 amide bonds. The predicted octanol–water partition coefficient (Wildman–Crippen LogP) is 4.77. The Kier molecular flexibility index (Phi) is 6.27. The zero-order valence-corrected chi connectivity index (χ0v) is 14.1. The van der Waals surface area contributed by atoms with Crippen LogP contribution in [0, 0.1) is 10.1 Å². The van der Waals surface area contributed by atoms with Gasteiger partial charge in [0.2, 0.25) is 5.91 Å². The minimum Gasteiger partial charge on any atom is -0.324 e. The van der Waals surface area contributed by atoms with Crippen molar-refractivity contribution in [2.45, 2.75) is 5.75 Å². The third-order valence-corrected chi connectivity index (χ3v) is 4.55. The third kappa shape index (κ3) is 5.13. The van der Waals surface area contributed by atoms with E-state index in [-0.39, 0.29) is 22.4 Å². The lowest BCUT2D eigenvalue weighted by Crippen LogP contribution is -2.14. The molecule has 120 valence electrons. The number of carbonyl (C=O) groups excluding carboxylic acids is 1. The lowest BCUT2D eigenvalue weighted by molar-refractivity contribution is -0.384. The molecule has 0 bridgehead atoms. The summed E-state index contributed by atoms with van der Waals surface area (Å²) in [6.07, 6.45) is 0. The van der Waals surface area contributed by atoms with Crippen LogP contribution in [0.5, 0.6) is 0 Å². The minimum atomic E-state index is -0.545. The molecule has 0 aliphatic rings. The van der Waals surface area contributed by atoms with Crippen molar-refractivity contribution in [2.75, 3.05) is 11.1 Å². The van der Waals surface area contributed by atoms with Gasteiger partial charge >= 0.3 is 0 Å². The Labute approximate surface area is 147 Å². The smallest absolute Gasteiger partial charge is 0.271 e. The molecule has 1 N–H and O–H groups in total. The fraction of sp³-hybridized carbons (Fsp3) is 0.133. The average molecular weight is 371 g/mol. The lowest BCUT2D eigenvalue weighted by Gasteiger charge is -2.07. The maximum atomic E-state index is 11.9. The monoisotopic (exact) mass is 370 g/mol. The van der Waals surface area contributed by atoms with E-state index in [1.165, 1.54) is 30.0 Å². The maximum Gasteiger partial charge on any atom is 0.271 e. The summed E-state index contributed by atoms with van der Waals surface area (Å²) in [7, 11) is 0. The van der Waals surface area contributed by atoms with E-state index in [9.17, 15) is 14.9 Å². The number of halogens is 2. The van der Waals surface area contributed by atoms with Gasteiger partial charge in [0.1, 0.15) is 0 Å². The summed E-state index contributed by atoms with van der Waals surface area (Å²) in [5.74, 6) is 0.595. The molecular weight excluding hydrogens is 359 g/mol. The van der Waals surface area contributed by atoms with E-state index < -0.39 is 4.92 Å². The second-order valence-corrected chi connectivity index (χ2v) is 6.35. The highest BCUT2D eigenvalue weighted by molar-refractivity contribution is 7.99. The second-order valence-electron chi connectivity index (χ2n) is 4.55. The average Bonchev–Trinajstić information content (AvgIpc) is 2.51. The van der Waals surface area contributed by atoms with Gasteiger partial charge in [-0.25, -0.2) is 0 Å². The first-order valence-corrected chi connectivity index (χ1v) is 8.43. The van der Waals surface area contributed by atoms with E-state index in [2.05, 4.69) is 5.32 Å². The Morgan fingerprint density at radius 2 is 1.91 bits per heavy atom. The molecule has 0 saturated carbocycles. The number of nitro groups is 1. The molecule has 2 aromatic rings. The highest BCUT2D eigenvalue weighted by Gasteiger charge is 2.11. The van der Waals surface area contributed by atoms with Crippen molar-refractivity contribution in [3.05, 3.63) is 68.2 Å². The number of benzene rings is 2. The Bertz CT molecular complexity index is 740. The topological polar surface area (TPSA) is 72.2 Å². The van der Waals surface area contributed by atoms with Gasteiger partial charge in [-0.1, -0.05) is 41.4 Å². The van der Waals surface area contributed by atoms with Crippen LogP contribution in [0.25, 0.3) is 0 Å². The van der Waals surface area contributed by atoms with Crippen molar-refractivity contribution in [2.24, 2.45) is 0 Å². The van der Waals surface area contributed by atoms with Crippen molar-refractivity contribution in [3.63, 3.8) is 0 Å². The molecule has 0 aliphatic carbocycles. The summed E-state index contributed by atoms with van der Waals surface area (Å²) in [5, 5.41) is 14.1. The Morgan fingerprint density at radius 3 is 2.57 bits per heavy atom. The van der Waals surface area contributed by atoms with Crippen LogP contribution in [-0.2, 0) is 10.5 Å². The van der Waals surface area contributed by atoms with Crippen LogP contribution in [0.15, 0.2) is 42.5 Å². The van der Waals surface area contributed by atoms with Crippen LogP contribution in [-0.4, -0.2) is 16.6 Å². The molecule has 0 fully saturated rings. The summed E-state index contributed by atoms with van der Waals surface area (Å²) in [6, 6.07) is 11.3. The number of amides is 1. The van der Waals surface area contributed by atoms with E-state index in [4.69, 9.17) is 23.2 Å². The molecular formula is C15H12Cl2N2O3S. The molecule has 0 heterocycles. The number of nitrogens with one attached hydrogen (secondary N) is 1. The van der Waals surface area contributed by atoms with Crippen LogP contribution < -0.4 is 5.32 Å². The predicted molar refractivity (Wildman–Crippen MR) is 94.4 cm³/mol. The quantitative estimate of drug-likeness (QED) is 0.586. The lowest BCUT2D eigenvalue weighted by atomic mass is 10.2. The summed E-state index contributed by atoms with van der Waals surface area (Å²) < 4.78 is 0. The van der Waals surface area contributed by atoms with Crippen molar-refractivity contribution >= 4 is 52.2 Å². The van der Waals surface area contributed by atoms with E-state index >= 15 is 0 Å². The maximum absolute atomic E-state index is 11.9. The van der Waals surface area contributed by atoms with E-state index in [1.807, 2.05) is 18.2 Å². The van der Waals surface area contributed by atoms with Crippen molar-refractivity contribution in [3.8, 4) is 0 Å². The van der Waals surface area contributed by atoms with Crippen molar-refractivity contribution in [1.29, 1.82) is 0 Å². The van der Waals surface area contributed by atoms with Crippen LogP contribution in [0.4, 0.5) is 11.4 Å². The first-order valence-electron chi connectivity index (χ1n) is 6.52. The van der Waals surface area contributed by atoms with Gasteiger partial charge < -0.3 is 5.32 Å². The van der Waals surface area contributed by atoms with Gasteiger partial charge in [0.25, 0.3) is 5.69 Å². The van der Waals surface area contributed by atoms with Crippen LogP contribution >= 0.6 is 35.0 Å².